The molecule has 1 aliphatic rings. The maximum atomic E-state index is 13.5. The van der Waals surface area contributed by atoms with Gasteiger partial charge in [-0.1, -0.05) is 6.58 Å². The Morgan fingerprint density at radius 1 is 1.32 bits per heavy atom. The molecular weight excluding hydrogens is 297 g/mol. The molecule has 0 aliphatic heterocycles. The van der Waals surface area contributed by atoms with Crippen molar-refractivity contribution in [1.82, 2.24) is 0 Å². The first-order valence-corrected chi connectivity index (χ1v) is 6.70. The van der Waals surface area contributed by atoms with Crippen molar-refractivity contribution in [3.05, 3.63) is 36.7 Å². The van der Waals surface area contributed by atoms with Gasteiger partial charge in [0.2, 0.25) is 17.7 Å². The van der Waals surface area contributed by atoms with Gasteiger partial charge in [-0.3, -0.25) is 9.59 Å². The Kier molecular flexibility index (Phi) is 4.54. The van der Waals surface area contributed by atoms with E-state index in [2.05, 4.69) is 17.2 Å². The minimum absolute atomic E-state index is 0.0126. The van der Waals surface area contributed by atoms with E-state index in [0.717, 1.165) is 12.1 Å². The van der Waals surface area contributed by atoms with Crippen LogP contribution >= 0.6 is 0 Å². The van der Waals surface area contributed by atoms with E-state index in [1.54, 1.807) is 0 Å². The van der Waals surface area contributed by atoms with E-state index in [1.807, 2.05) is 0 Å². The van der Waals surface area contributed by atoms with Gasteiger partial charge >= 0.3 is 0 Å². The number of carbonyl (C=O) groups is 2. The summed E-state index contributed by atoms with van der Waals surface area (Å²) in [7, 11) is 0. The summed E-state index contributed by atoms with van der Waals surface area (Å²) in [4.78, 5) is 22.9. The number of rotatable bonds is 5. The summed E-state index contributed by atoms with van der Waals surface area (Å²) < 4.78 is 38.9. The lowest BCUT2D eigenvalue weighted by Crippen LogP contribution is -2.37. The minimum Gasteiger partial charge on any atom is -0.326 e. The molecule has 2 rings (SSSR count). The lowest BCUT2D eigenvalue weighted by atomic mass is 9.79. The SMILES string of the molecule is C=CC(=O)Nc1cc(NC(=O)CC2CC(F)(F)C2)ccc1F. The van der Waals surface area contributed by atoms with Gasteiger partial charge in [-0.2, -0.15) is 0 Å². The van der Waals surface area contributed by atoms with Crippen molar-refractivity contribution in [2.45, 2.75) is 25.2 Å². The van der Waals surface area contributed by atoms with Crippen LogP contribution in [0.2, 0.25) is 0 Å². The van der Waals surface area contributed by atoms with Gasteiger partial charge < -0.3 is 10.6 Å². The molecule has 7 heteroatoms. The lowest BCUT2D eigenvalue weighted by Gasteiger charge is -2.34. The van der Waals surface area contributed by atoms with Crippen LogP contribution in [-0.4, -0.2) is 17.7 Å². The standard InChI is InChI=1S/C15H15F3N2O2/c1-2-13(21)20-12-6-10(3-4-11(12)16)19-14(22)5-9-7-15(17,18)8-9/h2-4,6,9H,1,5,7-8H2,(H,19,22)(H,20,21). The molecule has 2 N–H and O–H groups in total. The molecule has 1 fully saturated rings. The fraction of sp³-hybridized carbons (Fsp3) is 0.333. The Labute approximate surface area is 125 Å². The monoisotopic (exact) mass is 312 g/mol. The van der Waals surface area contributed by atoms with E-state index in [9.17, 15) is 22.8 Å². The van der Waals surface area contributed by atoms with Crippen LogP contribution in [0.25, 0.3) is 0 Å². The number of nitrogens with one attached hydrogen (secondary N) is 2. The van der Waals surface area contributed by atoms with Crippen LogP contribution in [0.3, 0.4) is 0 Å². The van der Waals surface area contributed by atoms with Gasteiger partial charge in [-0.05, 0) is 30.2 Å². The zero-order valence-electron chi connectivity index (χ0n) is 11.7. The molecule has 4 nitrogen and oxygen atoms in total. The van der Waals surface area contributed by atoms with E-state index in [-0.39, 0.29) is 36.6 Å². The first kappa shape index (κ1) is 16.1. The second-order valence-corrected chi connectivity index (χ2v) is 5.27. The number of halogens is 3. The third kappa shape index (κ3) is 4.09. The third-order valence-electron chi connectivity index (χ3n) is 3.34. The van der Waals surface area contributed by atoms with Crippen LogP contribution in [0, 0.1) is 11.7 Å². The van der Waals surface area contributed by atoms with Gasteiger partial charge in [0, 0.05) is 24.9 Å². The highest BCUT2D eigenvalue weighted by Gasteiger charge is 2.45. The van der Waals surface area contributed by atoms with Crippen molar-refractivity contribution in [3.8, 4) is 0 Å². The molecular formula is C15H15F3N2O2. The van der Waals surface area contributed by atoms with Crippen LogP contribution in [0.15, 0.2) is 30.9 Å². The summed E-state index contributed by atoms with van der Waals surface area (Å²) in [6.45, 7) is 3.25. The number of carbonyl (C=O) groups excluding carboxylic acids is 2. The number of benzene rings is 1. The van der Waals surface area contributed by atoms with E-state index < -0.39 is 23.6 Å². The second-order valence-electron chi connectivity index (χ2n) is 5.27. The summed E-state index contributed by atoms with van der Waals surface area (Å²) in [5, 5.41) is 4.76. The topological polar surface area (TPSA) is 58.2 Å². The third-order valence-corrected chi connectivity index (χ3v) is 3.34. The molecule has 0 aromatic heterocycles. The van der Waals surface area contributed by atoms with Crippen molar-refractivity contribution in [2.75, 3.05) is 10.6 Å². The first-order valence-electron chi connectivity index (χ1n) is 6.70. The molecule has 0 heterocycles. The van der Waals surface area contributed by atoms with Crippen molar-refractivity contribution >= 4 is 23.2 Å². The molecule has 1 aromatic carbocycles. The summed E-state index contributed by atoms with van der Waals surface area (Å²) in [5.41, 5.74) is 0.176. The van der Waals surface area contributed by atoms with Crippen molar-refractivity contribution in [3.63, 3.8) is 0 Å². The average molecular weight is 312 g/mol. The highest BCUT2D eigenvalue weighted by atomic mass is 19.3. The van der Waals surface area contributed by atoms with Crippen LogP contribution in [0.4, 0.5) is 24.5 Å². The molecule has 1 aliphatic carbocycles. The van der Waals surface area contributed by atoms with Crippen LogP contribution < -0.4 is 10.6 Å². The number of anilines is 2. The first-order chi connectivity index (χ1) is 10.3. The smallest absolute Gasteiger partial charge is 0.248 e. The fourth-order valence-corrected chi connectivity index (χ4v) is 2.29. The minimum atomic E-state index is -2.66. The summed E-state index contributed by atoms with van der Waals surface area (Å²) in [6, 6.07) is 3.67. The summed E-state index contributed by atoms with van der Waals surface area (Å²) >= 11 is 0. The van der Waals surface area contributed by atoms with Gasteiger partial charge in [0.15, 0.2) is 0 Å². The normalized spacial score (nSPS) is 16.5. The average Bonchev–Trinajstić information content (AvgIpc) is 2.40. The van der Waals surface area contributed by atoms with Gasteiger partial charge in [0.25, 0.3) is 0 Å². The molecule has 1 saturated carbocycles. The highest BCUT2D eigenvalue weighted by molar-refractivity contribution is 5.99. The van der Waals surface area contributed by atoms with E-state index in [0.29, 0.717) is 0 Å². The van der Waals surface area contributed by atoms with Crippen molar-refractivity contribution in [2.24, 2.45) is 5.92 Å². The highest BCUT2D eigenvalue weighted by Crippen LogP contribution is 2.44. The molecule has 0 bridgehead atoms. The van der Waals surface area contributed by atoms with Gasteiger partial charge in [-0.15, -0.1) is 0 Å². The maximum absolute atomic E-state index is 13.5. The Bertz CT molecular complexity index is 609. The molecule has 0 radical (unpaired) electrons. The number of hydrogen-bond donors (Lipinski definition) is 2. The number of hydrogen-bond acceptors (Lipinski definition) is 2. The molecule has 0 spiro atoms. The van der Waals surface area contributed by atoms with E-state index in [4.69, 9.17) is 0 Å². The number of amides is 2. The molecule has 118 valence electrons. The quantitative estimate of drug-likeness (QED) is 0.819. The fourth-order valence-electron chi connectivity index (χ4n) is 2.29. The molecule has 0 atom stereocenters. The molecule has 22 heavy (non-hydrogen) atoms. The van der Waals surface area contributed by atoms with E-state index in [1.165, 1.54) is 12.1 Å². The van der Waals surface area contributed by atoms with Crippen LogP contribution in [0.5, 0.6) is 0 Å². The van der Waals surface area contributed by atoms with Crippen molar-refractivity contribution in [1.29, 1.82) is 0 Å². The van der Waals surface area contributed by atoms with Crippen LogP contribution in [-0.2, 0) is 9.59 Å². The van der Waals surface area contributed by atoms with Crippen molar-refractivity contribution < 1.29 is 22.8 Å². The Balaban J connectivity index is 1.95. The summed E-state index contributed by atoms with van der Waals surface area (Å²) in [6.07, 6.45) is 0.401. The lowest BCUT2D eigenvalue weighted by molar-refractivity contribution is -0.129. The van der Waals surface area contributed by atoms with Gasteiger partial charge in [-0.25, -0.2) is 13.2 Å². The van der Waals surface area contributed by atoms with Gasteiger partial charge in [0.05, 0.1) is 5.69 Å². The Morgan fingerprint density at radius 3 is 2.59 bits per heavy atom. The molecule has 2 amide bonds. The predicted octanol–water partition coefficient (Wildman–Crippen LogP) is 3.32. The predicted molar refractivity (Wildman–Crippen MR) is 76.1 cm³/mol. The maximum Gasteiger partial charge on any atom is 0.248 e. The molecule has 0 unspecified atom stereocenters. The Morgan fingerprint density at radius 2 is 2.00 bits per heavy atom. The Hall–Kier alpha value is -2.31. The van der Waals surface area contributed by atoms with Gasteiger partial charge in [0.1, 0.15) is 5.82 Å². The number of alkyl halides is 2. The zero-order chi connectivity index (χ0) is 16.3. The zero-order valence-corrected chi connectivity index (χ0v) is 11.7. The second kappa shape index (κ2) is 6.21. The molecule has 0 saturated heterocycles. The largest absolute Gasteiger partial charge is 0.326 e. The molecule has 1 aromatic rings. The van der Waals surface area contributed by atoms with Crippen LogP contribution in [0.1, 0.15) is 19.3 Å². The summed E-state index contributed by atoms with van der Waals surface area (Å²) in [5.74, 6) is -4.67. The van der Waals surface area contributed by atoms with E-state index >= 15 is 0 Å².